The van der Waals surface area contributed by atoms with Gasteiger partial charge in [-0.3, -0.25) is 0 Å². The van der Waals surface area contributed by atoms with E-state index in [1.807, 2.05) is 73.7 Å². The number of benzene rings is 3. The maximum atomic E-state index is 13.5. The van der Waals surface area contributed by atoms with Crippen LogP contribution in [0.3, 0.4) is 0 Å². The van der Waals surface area contributed by atoms with Gasteiger partial charge in [0.25, 0.3) is 0 Å². The number of ether oxygens (including phenoxy) is 1. The highest BCUT2D eigenvalue weighted by Crippen LogP contribution is 2.29. The van der Waals surface area contributed by atoms with Gasteiger partial charge in [0.15, 0.2) is 0 Å². The number of nitrogens with zero attached hydrogens (tertiary/aromatic N) is 1. The summed E-state index contributed by atoms with van der Waals surface area (Å²) in [7, 11) is -2.27. The molecule has 0 heterocycles. The summed E-state index contributed by atoms with van der Waals surface area (Å²) >= 11 is 0. The normalized spacial score (nSPS) is 11.5. The third-order valence-electron chi connectivity index (χ3n) is 4.34. The van der Waals surface area contributed by atoms with Gasteiger partial charge in [-0.05, 0) is 35.7 Å². The molecule has 27 heavy (non-hydrogen) atoms. The van der Waals surface area contributed by atoms with Crippen LogP contribution in [0.4, 0.5) is 0 Å². The first kappa shape index (κ1) is 19.1. The van der Waals surface area contributed by atoms with Gasteiger partial charge in [0.05, 0.1) is 7.11 Å². The van der Waals surface area contributed by atoms with Crippen LogP contribution in [0.15, 0.2) is 83.8 Å². The predicted octanol–water partition coefficient (Wildman–Crippen LogP) is 4.39. The van der Waals surface area contributed by atoms with Crippen molar-refractivity contribution in [1.29, 1.82) is 0 Å². The van der Waals surface area contributed by atoms with Gasteiger partial charge in [0, 0.05) is 13.1 Å². The maximum absolute atomic E-state index is 13.5. The molecule has 0 unspecified atom stereocenters. The molecule has 0 amide bonds. The molecule has 0 spiro atoms. The van der Waals surface area contributed by atoms with E-state index < -0.39 is 10.0 Å². The van der Waals surface area contributed by atoms with Crippen molar-refractivity contribution in [1.82, 2.24) is 4.31 Å². The summed E-state index contributed by atoms with van der Waals surface area (Å²) in [5, 5.41) is 0. The highest BCUT2D eigenvalue weighted by molar-refractivity contribution is 7.89. The molecule has 3 rings (SSSR count). The lowest BCUT2D eigenvalue weighted by Gasteiger charge is -2.24. The molecule has 0 radical (unpaired) electrons. The van der Waals surface area contributed by atoms with Gasteiger partial charge >= 0.3 is 0 Å². The Kier molecular flexibility index (Phi) is 5.94. The summed E-state index contributed by atoms with van der Waals surface area (Å²) in [5.41, 5.74) is 2.74. The zero-order chi connectivity index (χ0) is 19.3. The number of methoxy groups -OCH3 is 1. The Labute approximate surface area is 161 Å². The molecule has 0 saturated carbocycles. The molecule has 0 aromatic heterocycles. The number of hydrogen-bond donors (Lipinski definition) is 0. The van der Waals surface area contributed by atoms with E-state index in [1.54, 1.807) is 12.1 Å². The van der Waals surface area contributed by atoms with Gasteiger partial charge < -0.3 is 4.74 Å². The maximum Gasteiger partial charge on any atom is 0.247 e. The van der Waals surface area contributed by atoms with Gasteiger partial charge in [-0.1, -0.05) is 66.7 Å². The Hall–Kier alpha value is -2.63. The summed E-state index contributed by atoms with van der Waals surface area (Å²) in [4.78, 5) is 0.192. The molecule has 3 aromatic rings. The SMILES string of the molecule is COc1ccc(C)cc1S(=O)(=O)N(Cc1ccccc1)Cc1ccccc1. The Morgan fingerprint density at radius 1 is 0.815 bits per heavy atom. The molecular formula is C22H23NO3S. The number of hydrogen-bond acceptors (Lipinski definition) is 3. The van der Waals surface area contributed by atoms with Crippen LogP contribution in [0, 0.1) is 6.92 Å². The van der Waals surface area contributed by atoms with Crippen LogP contribution in [0.5, 0.6) is 5.75 Å². The zero-order valence-electron chi connectivity index (χ0n) is 15.5. The van der Waals surface area contributed by atoms with Crippen molar-refractivity contribution in [3.63, 3.8) is 0 Å². The molecule has 0 saturated heterocycles. The zero-order valence-corrected chi connectivity index (χ0v) is 16.3. The Bertz CT molecular complexity index is 945. The molecule has 4 nitrogen and oxygen atoms in total. The molecule has 0 aliphatic rings. The quantitative estimate of drug-likeness (QED) is 0.610. The average Bonchev–Trinajstić information content (AvgIpc) is 2.69. The van der Waals surface area contributed by atoms with Crippen LogP contribution >= 0.6 is 0 Å². The third-order valence-corrected chi connectivity index (χ3v) is 6.15. The van der Waals surface area contributed by atoms with Gasteiger partial charge in [0.1, 0.15) is 10.6 Å². The van der Waals surface area contributed by atoms with Crippen molar-refractivity contribution in [2.75, 3.05) is 7.11 Å². The van der Waals surface area contributed by atoms with E-state index in [4.69, 9.17) is 4.74 Å². The Morgan fingerprint density at radius 3 is 1.81 bits per heavy atom. The highest BCUT2D eigenvalue weighted by atomic mass is 32.2. The lowest BCUT2D eigenvalue weighted by Crippen LogP contribution is -2.30. The molecule has 0 atom stereocenters. The fourth-order valence-corrected chi connectivity index (χ4v) is 4.58. The minimum Gasteiger partial charge on any atom is -0.495 e. The summed E-state index contributed by atoms with van der Waals surface area (Å²) in [6.07, 6.45) is 0. The van der Waals surface area contributed by atoms with E-state index in [2.05, 4.69) is 0 Å². The second-order valence-corrected chi connectivity index (χ2v) is 8.30. The van der Waals surface area contributed by atoms with Crippen molar-refractivity contribution in [3.05, 3.63) is 95.6 Å². The van der Waals surface area contributed by atoms with Crippen LogP contribution in [0.1, 0.15) is 16.7 Å². The highest BCUT2D eigenvalue weighted by Gasteiger charge is 2.28. The second-order valence-electron chi connectivity index (χ2n) is 6.40. The van der Waals surface area contributed by atoms with Gasteiger partial charge in [-0.15, -0.1) is 0 Å². The van der Waals surface area contributed by atoms with Crippen LogP contribution < -0.4 is 4.74 Å². The van der Waals surface area contributed by atoms with Gasteiger partial charge in [-0.25, -0.2) is 8.42 Å². The minimum absolute atomic E-state index is 0.192. The summed E-state index contributed by atoms with van der Waals surface area (Å²) in [6.45, 7) is 2.45. The smallest absolute Gasteiger partial charge is 0.247 e. The van der Waals surface area contributed by atoms with Gasteiger partial charge in [-0.2, -0.15) is 4.31 Å². The summed E-state index contributed by atoms with van der Waals surface area (Å²) in [5.74, 6) is 0.353. The fourth-order valence-electron chi connectivity index (χ4n) is 2.92. The third kappa shape index (κ3) is 4.56. The lowest BCUT2D eigenvalue weighted by atomic mass is 10.2. The van der Waals surface area contributed by atoms with Gasteiger partial charge in [0.2, 0.25) is 10.0 Å². The van der Waals surface area contributed by atoms with Crippen LogP contribution in [0.2, 0.25) is 0 Å². The van der Waals surface area contributed by atoms with Crippen molar-refractivity contribution < 1.29 is 13.2 Å². The summed E-state index contributed by atoms with van der Waals surface area (Å²) in [6, 6.07) is 24.4. The number of aryl methyl sites for hydroxylation is 1. The lowest BCUT2D eigenvalue weighted by molar-refractivity contribution is 0.382. The average molecular weight is 381 g/mol. The van der Waals surface area contributed by atoms with E-state index in [1.165, 1.54) is 11.4 Å². The number of sulfonamides is 1. The largest absolute Gasteiger partial charge is 0.495 e. The van der Waals surface area contributed by atoms with E-state index in [9.17, 15) is 8.42 Å². The molecule has 5 heteroatoms. The molecular weight excluding hydrogens is 358 g/mol. The molecule has 0 bridgehead atoms. The van der Waals surface area contributed by atoms with E-state index in [-0.39, 0.29) is 18.0 Å². The number of rotatable bonds is 7. The summed E-state index contributed by atoms with van der Waals surface area (Å²) < 4.78 is 33.9. The first-order valence-electron chi connectivity index (χ1n) is 8.73. The fraction of sp³-hybridized carbons (Fsp3) is 0.182. The van der Waals surface area contributed by atoms with Crippen molar-refractivity contribution in [3.8, 4) is 5.75 Å². The second kappa shape index (κ2) is 8.37. The Balaban J connectivity index is 2.04. The van der Waals surface area contributed by atoms with E-state index >= 15 is 0 Å². The standard InChI is InChI=1S/C22H23NO3S/c1-18-13-14-21(26-2)22(15-18)27(24,25)23(16-19-9-5-3-6-10-19)17-20-11-7-4-8-12-20/h3-15H,16-17H2,1-2H3. The molecule has 0 fully saturated rings. The molecule has 0 aliphatic carbocycles. The topological polar surface area (TPSA) is 46.6 Å². The predicted molar refractivity (Wildman–Crippen MR) is 107 cm³/mol. The van der Waals surface area contributed by atoms with E-state index in [0.717, 1.165) is 16.7 Å². The molecule has 140 valence electrons. The van der Waals surface area contributed by atoms with Crippen LogP contribution in [0.25, 0.3) is 0 Å². The first-order valence-corrected chi connectivity index (χ1v) is 10.2. The molecule has 0 aliphatic heterocycles. The molecule has 3 aromatic carbocycles. The van der Waals surface area contributed by atoms with Crippen LogP contribution in [-0.4, -0.2) is 19.8 Å². The van der Waals surface area contributed by atoms with E-state index in [0.29, 0.717) is 5.75 Å². The molecule has 0 N–H and O–H groups in total. The minimum atomic E-state index is -3.75. The monoisotopic (exact) mass is 381 g/mol. The van der Waals surface area contributed by atoms with Crippen LogP contribution in [-0.2, 0) is 23.1 Å². The van der Waals surface area contributed by atoms with Crippen molar-refractivity contribution >= 4 is 10.0 Å². The first-order chi connectivity index (χ1) is 13.0. The van der Waals surface area contributed by atoms with Crippen molar-refractivity contribution in [2.45, 2.75) is 24.9 Å². The Morgan fingerprint density at radius 2 is 1.33 bits per heavy atom. The van der Waals surface area contributed by atoms with Crippen molar-refractivity contribution in [2.24, 2.45) is 0 Å².